The van der Waals surface area contributed by atoms with Gasteiger partial charge in [-0.3, -0.25) is 0 Å². The van der Waals surface area contributed by atoms with Gasteiger partial charge < -0.3 is 10.1 Å². The van der Waals surface area contributed by atoms with Gasteiger partial charge >= 0.3 is 5.97 Å². The molecular formula is C14H19NO2. The van der Waals surface area contributed by atoms with Gasteiger partial charge in [0.15, 0.2) is 0 Å². The molecule has 0 radical (unpaired) electrons. The summed E-state index contributed by atoms with van der Waals surface area (Å²) < 4.78 is 4.83. The fraction of sp³-hybridized carbons (Fsp3) is 0.500. The summed E-state index contributed by atoms with van der Waals surface area (Å²) >= 11 is 0. The van der Waals surface area contributed by atoms with Crippen molar-refractivity contribution in [2.24, 2.45) is 0 Å². The summed E-state index contributed by atoms with van der Waals surface area (Å²) in [6, 6.07) is 5.81. The molecule has 1 heterocycles. The summed E-state index contributed by atoms with van der Waals surface area (Å²) in [6.45, 7) is 6.50. The molecule has 1 N–H and O–H groups in total. The van der Waals surface area contributed by atoms with E-state index >= 15 is 0 Å². The minimum absolute atomic E-state index is 0.0105. The van der Waals surface area contributed by atoms with E-state index in [1.54, 1.807) is 0 Å². The van der Waals surface area contributed by atoms with Gasteiger partial charge in [-0.2, -0.15) is 0 Å². The molecule has 1 aromatic carbocycles. The van der Waals surface area contributed by atoms with Crippen molar-refractivity contribution >= 4 is 11.7 Å². The zero-order chi connectivity index (χ0) is 12.6. The van der Waals surface area contributed by atoms with Gasteiger partial charge in [-0.25, -0.2) is 4.79 Å². The Morgan fingerprint density at radius 1 is 1.47 bits per heavy atom. The second kappa shape index (κ2) is 4.06. The quantitative estimate of drug-likeness (QED) is 0.757. The molecule has 1 unspecified atom stereocenters. The van der Waals surface area contributed by atoms with Crippen LogP contribution in [0.4, 0.5) is 5.69 Å². The van der Waals surface area contributed by atoms with Gasteiger partial charge in [-0.1, -0.05) is 19.1 Å². The van der Waals surface area contributed by atoms with E-state index in [0.29, 0.717) is 11.5 Å². The monoisotopic (exact) mass is 233 g/mol. The fourth-order valence-electron chi connectivity index (χ4n) is 2.67. The highest BCUT2D eigenvalue weighted by Crippen LogP contribution is 2.40. The molecule has 1 aromatic rings. The highest BCUT2D eigenvalue weighted by Gasteiger charge is 2.31. The maximum absolute atomic E-state index is 11.7. The second-order valence-electron chi connectivity index (χ2n) is 5.38. The van der Waals surface area contributed by atoms with Crippen LogP contribution < -0.4 is 5.32 Å². The van der Waals surface area contributed by atoms with Crippen molar-refractivity contribution < 1.29 is 9.53 Å². The normalized spacial score (nSPS) is 21.3. The number of ether oxygens (including phenoxy) is 1. The van der Waals surface area contributed by atoms with Crippen LogP contribution in [0.15, 0.2) is 18.2 Å². The zero-order valence-electron chi connectivity index (χ0n) is 10.8. The van der Waals surface area contributed by atoms with Gasteiger partial charge in [0.25, 0.3) is 0 Å². The van der Waals surface area contributed by atoms with E-state index < -0.39 is 0 Å². The number of carbonyl (C=O) groups excluding carboxylic acids is 1. The van der Waals surface area contributed by atoms with E-state index in [1.807, 2.05) is 12.1 Å². The molecule has 2 rings (SSSR count). The van der Waals surface area contributed by atoms with Crippen molar-refractivity contribution in [3.63, 3.8) is 0 Å². The van der Waals surface area contributed by atoms with E-state index in [9.17, 15) is 4.79 Å². The van der Waals surface area contributed by atoms with Crippen LogP contribution in [-0.4, -0.2) is 18.6 Å². The van der Waals surface area contributed by atoms with Crippen LogP contribution in [0.5, 0.6) is 0 Å². The summed E-state index contributed by atoms with van der Waals surface area (Å²) in [5.74, 6) is 0.171. The van der Waals surface area contributed by atoms with Gasteiger partial charge in [0.05, 0.1) is 18.4 Å². The first-order chi connectivity index (χ1) is 7.94. The van der Waals surface area contributed by atoms with Crippen molar-refractivity contribution in [2.75, 3.05) is 12.4 Å². The molecule has 1 atom stereocenters. The molecule has 17 heavy (non-hydrogen) atoms. The van der Waals surface area contributed by atoms with Gasteiger partial charge in [0.2, 0.25) is 0 Å². The van der Waals surface area contributed by atoms with Crippen molar-refractivity contribution in [1.82, 2.24) is 0 Å². The van der Waals surface area contributed by atoms with Gasteiger partial charge in [0.1, 0.15) is 0 Å². The molecule has 3 nitrogen and oxygen atoms in total. The highest BCUT2D eigenvalue weighted by molar-refractivity contribution is 5.97. The molecular weight excluding hydrogens is 214 g/mol. The SMILES string of the molecule is COC(=O)c1cccc2c1NC(C)(C)CC2C. The minimum atomic E-state index is -0.278. The number of nitrogens with one attached hydrogen (secondary N) is 1. The summed E-state index contributed by atoms with van der Waals surface area (Å²) in [4.78, 5) is 11.7. The summed E-state index contributed by atoms with van der Waals surface area (Å²) in [5.41, 5.74) is 2.77. The second-order valence-corrected chi connectivity index (χ2v) is 5.38. The van der Waals surface area contributed by atoms with Crippen LogP contribution in [0.3, 0.4) is 0 Å². The Kier molecular flexibility index (Phi) is 2.86. The van der Waals surface area contributed by atoms with Crippen molar-refractivity contribution in [2.45, 2.75) is 38.6 Å². The summed E-state index contributed by atoms with van der Waals surface area (Å²) in [5, 5.41) is 3.45. The Morgan fingerprint density at radius 3 is 2.82 bits per heavy atom. The third-order valence-electron chi connectivity index (χ3n) is 3.31. The Morgan fingerprint density at radius 2 is 2.18 bits per heavy atom. The molecule has 0 spiro atoms. The first-order valence-corrected chi connectivity index (χ1v) is 5.94. The largest absolute Gasteiger partial charge is 0.465 e. The number of esters is 1. The number of hydrogen-bond acceptors (Lipinski definition) is 3. The smallest absolute Gasteiger partial charge is 0.339 e. The summed E-state index contributed by atoms with van der Waals surface area (Å²) in [6.07, 6.45) is 1.06. The number of carbonyl (C=O) groups is 1. The van der Waals surface area contributed by atoms with Gasteiger partial charge in [0, 0.05) is 5.54 Å². The number of hydrogen-bond donors (Lipinski definition) is 1. The maximum Gasteiger partial charge on any atom is 0.339 e. The number of rotatable bonds is 1. The molecule has 0 aromatic heterocycles. The minimum Gasteiger partial charge on any atom is -0.465 e. The van der Waals surface area contributed by atoms with Gasteiger partial charge in [-0.15, -0.1) is 0 Å². The zero-order valence-corrected chi connectivity index (χ0v) is 10.8. The number of fused-ring (bicyclic) bond motifs is 1. The number of benzene rings is 1. The van der Waals surface area contributed by atoms with E-state index in [1.165, 1.54) is 12.7 Å². The van der Waals surface area contributed by atoms with Crippen LogP contribution in [0.1, 0.15) is 49.0 Å². The van der Waals surface area contributed by atoms with Crippen LogP contribution in [0.25, 0.3) is 0 Å². The van der Waals surface area contributed by atoms with Gasteiger partial charge in [-0.05, 0) is 37.8 Å². The fourth-order valence-corrected chi connectivity index (χ4v) is 2.67. The molecule has 0 aliphatic carbocycles. The van der Waals surface area contributed by atoms with Crippen molar-refractivity contribution in [3.05, 3.63) is 29.3 Å². The first kappa shape index (κ1) is 12.0. The molecule has 0 saturated heterocycles. The number of anilines is 1. The molecule has 0 saturated carbocycles. The molecule has 0 fully saturated rings. The van der Waals surface area contributed by atoms with Crippen molar-refractivity contribution in [3.8, 4) is 0 Å². The highest BCUT2D eigenvalue weighted by atomic mass is 16.5. The van der Waals surface area contributed by atoms with Crippen LogP contribution in [0, 0.1) is 0 Å². The average Bonchev–Trinajstić information content (AvgIpc) is 2.26. The molecule has 3 heteroatoms. The molecule has 92 valence electrons. The number of para-hydroxylation sites is 1. The Bertz CT molecular complexity index is 452. The maximum atomic E-state index is 11.7. The summed E-state index contributed by atoms with van der Waals surface area (Å²) in [7, 11) is 1.42. The lowest BCUT2D eigenvalue weighted by molar-refractivity contribution is 0.0601. The van der Waals surface area contributed by atoms with E-state index in [-0.39, 0.29) is 11.5 Å². The molecule has 1 aliphatic rings. The standard InChI is InChI=1S/C14H19NO2/c1-9-8-14(2,3)15-12-10(9)6-5-7-11(12)13(16)17-4/h5-7,9,15H,8H2,1-4H3. The third-order valence-corrected chi connectivity index (χ3v) is 3.31. The molecule has 0 bridgehead atoms. The average molecular weight is 233 g/mol. The Labute approximate surface area is 102 Å². The lowest BCUT2D eigenvalue weighted by Gasteiger charge is -2.38. The van der Waals surface area contributed by atoms with Crippen LogP contribution in [-0.2, 0) is 4.74 Å². The molecule has 0 amide bonds. The Balaban J connectivity index is 2.53. The van der Waals surface area contributed by atoms with Crippen LogP contribution >= 0.6 is 0 Å². The lowest BCUT2D eigenvalue weighted by Crippen LogP contribution is -2.37. The van der Waals surface area contributed by atoms with E-state index in [0.717, 1.165) is 12.1 Å². The predicted molar refractivity (Wildman–Crippen MR) is 68.5 cm³/mol. The van der Waals surface area contributed by atoms with E-state index in [4.69, 9.17) is 4.74 Å². The third kappa shape index (κ3) is 2.14. The van der Waals surface area contributed by atoms with E-state index in [2.05, 4.69) is 32.2 Å². The predicted octanol–water partition coefficient (Wildman–Crippen LogP) is 3.17. The number of methoxy groups -OCH3 is 1. The van der Waals surface area contributed by atoms with Crippen LogP contribution in [0.2, 0.25) is 0 Å². The molecule has 1 aliphatic heterocycles. The Hall–Kier alpha value is -1.51. The van der Waals surface area contributed by atoms with Crippen molar-refractivity contribution in [1.29, 1.82) is 0 Å². The first-order valence-electron chi connectivity index (χ1n) is 5.94. The topological polar surface area (TPSA) is 38.3 Å². The lowest BCUT2D eigenvalue weighted by atomic mass is 9.81.